The van der Waals surface area contributed by atoms with Gasteiger partial charge in [-0.05, 0) is 67.1 Å². The first-order valence-electron chi connectivity index (χ1n) is 11.8. The van der Waals surface area contributed by atoms with Gasteiger partial charge in [-0.3, -0.25) is 4.98 Å². The number of rotatable bonds is 7. The number of pyridine rings is 1. The number of methoxy groups -OCH3 is 2. The first-order chi connectivity index (χ1) is 16.7. The molecule has 1 fully saturated rings. The Labute approximate surface area is 200 Å². The van der Waals surface area contributed by atoms with E-state index in [2.05, 4.69) is 52.3 Å². The molecule has 0 saturated carbocycles. The third-order valence-corrected chi connectivity index (χ3v) is 6.62. The molecule has 3 aromatic carbocycles. The van der Waals surface area contributed by atoms with Crippen molar-refractivity contribution in [1.29, 1.82) is 0 Å². The van der Waals surface area contributed by atoms with Crippen LogP contribution in [0.3, 0.4) is 0 Å². The Balaban J connectivity index is 1.25. The van der Waals surface area contributed by atoms with Gasteiger partial charge in [-0.25, -0.2) is 0 Å². The summed E-state index contributed by atoms with van der Waals surface area (Å²) in [6.45, 7) is 2.18. The lowest BCUT2D eigenvalue weighted by molar-refractivity contribution is 0.355. The van der Waals surface area contributed by atoms with E-state index in [1.54, 1.807) is 20.4 Å². The molecule has 1 aliphatic heterocycles. The molecule has 0 aliphatic carbocycles. The molecule has 5 heteroatoms. The van der Waals surface area contributed by atoms with E-state index in [4.69, 9.17) is 14.2 Å². The fourth-order valence-electron chi connectivity index (χ4n) is 4.73. The van der Waals surface area contributed by atoms with Gasteiger partial charge < -0.3 is 19.1 Å². The summed E-state index contributed by atoms with van der Waals surface area (Å²) in [5.74, 6) is 3.60. The Bertz CT molecular complexity index is 1230. The molecule has 0 radical (unpaired) electrons. The van der Waals surface area contributed by atoms with Gasteiger partial charge in [0.1, 0.15) is 11.5 Å². The Hall–Kier alpha value is -3.73. The van der Waals surface area contributed by atoms with Gasteiger partial charge in [-0.15, -0.1) is 0 Å². The van der Waals surface area contributed by atoms with Crippen LogP contribution in [-0.2, 0) is 6.42 Å². The van der Waals surface area contributed by atoms with Gasteiger partial charge in [0.2, 0.25) is 0 Å². The van der Waals surface area contributed by atoms with Gasteiger partial charge in [0.15, 0.2) is 11.5 Å². The highest BCUT2D eigenvalue weighted by atomic mass is 16.5. The minimum atomic E-state index is 0.650. The Morgan fingerprint density at radius 2 is 1.53 bits per heavy atom. The zero-order chi connectivity index (χ0) is 23.3. The molecular weight excluding hydrogens is 424 g/mol. The standard InChI is InChI=1S/C29H30N2O3/c1-32-28-19-25-26(20-29(28)33-2)30-15-12-27(25)34-24-10-8-23(9-11-24)31-16-13-22(14-17-31)18-21-6-4-3-5-7-21/h3-12,15,19-20,22H,13-14,16-18H2,1-2H3. The smallest absolute Gasteiger partial charge is 0.162 e. The third-order valence-electron chi connectivity index (χ3n) is 6.62. The lowest BCUT2D eigenvalue weighted by Crippen LogP contribution is -2.34. The first kappa shape index (κ1) is 22.1. The van der Waals surface area contributed by atoms with Crippen molar-refractivity contribution >= 4 is 16.6 Å². The average Bonchev–Trinajstić information content (AvgIpc) is 2.89. The second kappa shape index (κ2) is 10.0. The van der Waals surface area contributed by atoms with Crippen molar-refractivity contribution in [3.8, 4) is 23.0 Å². The maximum atomic E-state index is 6.24. The van der Waals surface area contributed by atoms with Crippen LogP contribution in [-0.4, -0.2) is 32.3 Å². The highest BCUT2D eigenvalue weighted by molar-refractivity contribution is 5.88. The third kappa shape index (κ3) is 4.79. The predicted molar refractivity (Wildman–Crippen MR) is 136 cm³/mol. The van der Waals surface area contributed by atoms with Crippen molar-refractivity contribution < 1.29 is 14.2 Å². The van der Waals surface area contributed by atoms with E-state index in [-0.39, 0.29) is 0 Å². The molecule has 1 saturated heterocycles. The summed E-state index contributed by atoms with van der Waals surface area (Å²) in [5.41, 5.74) is 3.49. The monoisotopic (exact) mass is 454 g/mol. The Kier molecular flexibility index (Phi) is 6.52. The molecule has 0 atom stereocenters. The molecule has 0 bridgehead atoms. The molecule has 5 nitrogen and oxygen atoms in total. The first-order valence-corrected chi connectivity index (χ1v) is 11.8. The molecule has 0 spiro atoms. The number of ether oxygens (including phenoxy) is 3. The summed E-state index contributed by atoms with van der Waals surface area (Å²) in [4.78, 5) is 6.93. The minimum absolute atomic E-state index is 0.650. The number of hydrogen-bond donors (Lipinski definition) is 0. The molecule has 5 rings (SSSR count). The van der Waals surface area contributed by atoms with Crippen LogP contribution in [0, 0.1) is 5.92 Å². The van der Waals surface area contributed by atoms with Crippen LogP contribution in [0.1, 0.15) is 18.4 Å². The van der Waals surface area contributed by atoms with Crippen molar-refractivity contribution in [1.82, 2.24) is 4.98 Å². The summed E-state index contributed by atoms with van der Waals surface area (Å²) >= 11 is 0. The SMILES string of the molecule is COc1cc2nccc(Oc3ccc(N4CCC(Cc5ccccc5)CC4)cc3)c2cc1OC. The number of hydrogen-bond acceptors (Lipinski definition) is 5. The summed E-state index contributed by atoms with van der Waals surface area (Å²) in [6.07, 6.45) is 5.37. The average molecular weight is 455 g/mol. The van der Waals surface area contributed by atoms with Crippen LogP contribution in [0.2, 0.25) is 0 Å². The molecule has 2 heterocycles. The molecule has 174 valence electrons. The largest absolute Gasteiger partial charge is 0.493 e. The van der Waals surface area contributed by atoms with E-state index in [9.17, 15) is 0 Å². The molecule has 34 heavy (non-hydrogen) atoms. The van der Waals surface area contributed by atoms with E-state index < -0.39 is 0 Å². The number of nitrogens with zero attached hydrogens (tertiary/aromatic N) is 2. The van der Waals surface area contributed by atoms with Crippen LogP contribution in [0.5, 0.6) is 23.0 Å². The number of anilines is 1. The maximum absolute atomic E-state index is 6.24. The lowest BCUT2D eigenvalue weighted by Gasteiger charge is -2.33. The van der Waals surface area contributed by atoms with E-state index in [1.165, 1.54) is 30.5 Å². The van der Waals surface area contributed by atoms with Crippen molar-refractivity contribution in [3.05, 3.63) is 84.6 Å². The predicted octanol–water partition coefficient (Wildman–Crippen LogP) is 6.50. The summed E-state index contributed by atoms with van der Waals surface area (Å²) in [6, 6.07) is 24.9. The van der Waals surface area contributed by atoms with Gasteiger partial charge in [-0.1, -0.05) is 30.3 Å². The maximum Gasteiger partial charge on any atom is 0.162 e. The fourth-order valence-corrected chi connectivity index (χ4v) is 4.73. The second-order valence-electron chi connectivity index (χ2n) is 8.75. The van der Waals surface area contributed by atoms with Crippen LogP contribution >= 0.6 is 0 Å². The van der Waals surface area contributed by atoms with E-state index in [0.717, 1.165) is 41.4 Å². The highest BCUT2D eigenvalue weighted by Crippen LogP contribution is 2.37. The molecule has 1 aliphatic rings. The molecular formula is C29H30N2O3. The molecule has 0 unspecified atom stereocenters. The zero-order valence-electron chi connectivity index (χ0n) is 19.7. The van der Waals surface area contributed by atoms with Gasteiger partial charge in [0.05, 0.1) is 19.7 Å². The van der Waals surface area contributed by atoms with Crippen LogP contribution in [0.25, 0.3) is 10.9 Å². The van der Waals surface area contributed by atoms with Crippen LogP contribution in [0.4, 0.5) is 5.69 Å². The normalized spacial score (nSPS) is 14.2. The van der Waals surface area contributed by atoms with Crippen molar-refractivity contribution in [2.45, 2.75) is 19.3 Å². The van der Waals surface area contributed by atoms with E-state index >= 15 is 0 Å². The molecule has 0 amide bonds. The quantitative estimate of drug-likeness (QED) is 0.319. The Morgan fingerprint density at radius 3 is 2.24 bits per heavy atom. The Morgan fingerprint density at radius 1 is 0.824 bits per heavy atom. The summed E-state index contributed by atoms with van der Waals surface area (Å²) < 4.78 is 17.1. The summed E-state index contributed by atoms with van der Waals surface area (Å²) in [7, 11) is 3.25. The van der Waals surface area contributed by atoms with Gasteiger partial charge in [0.25, 0.3) is 0 Å². The number of aromatic nitrogens is 1. The van der Waals surface area contributed by atoms with Crippen molar-refractivity contribution in [2.75, 3.05) is 32.2 Å². The second-order valence-corrected chi connectivity index (χ2v) is 8.75. The summed E-state index contributed by atoms with van der Waals surface area (Å²) in [5, 5.41) is 0.879. The van der Waals surface area contributed by atoms with Crippen LogP contribution < -0.4 is 19.1 Å². The lowest BCUT2D eigenvalue weighted by atomic mass is 9.90. The molecule has 1 aromatic heterocycles. The highest BCUT2D eigenvalue weighted by Gasteiger charge is 2.20. The van der Waals surface area contributed by atoms with E-state index in [0.29, 0.717) is 11.5 Å². The van der Waals surface area contributed by atoms with Gasteiger partial charge in [0, 0.05) is 36.4 Å². The van der Waals surface area contributed by atoms with Crippen LogP contribution in [0.15, 0.2) is 79.0 Å². The number of fused-ring (bicyclic) bond motifs is 1. The van der Waals surface area contributed by atoms with Gasteiger partial charge >= 0.3 is 0 Å². The topological polar surface area (TPSA) is 43.8 Å². The van der Waals surface area contributed by atoms with Crippen molar-refractivity contribution in [2.24, 2.45) is 5.92 Å². The van der Waals surface area contributed by atoms with Gasteiger partial charge in [-0.2, -0.15) is 0 Å². The fraction of sp³-hybridized carbons (Fsp3) is 0.276. The zero-order valence-corrected chi connectivity index (χ0v) is 19.7. The van der Waals surface area contributed by atoms with E-state index in [1.807, 2.05) is 30.3 Å². The molecule has 0 N–H and O–H groups in total. The van der Waals surface area contributed by atoms with Crippen molar-refractivity contribution in [3.63, 3.8) is 0 Å². The minimum Gasteiger partial charge on any atom is -0.493 e. The number of piperidine rings is 1. The molecule has 4 aromatic rings. The number of benzene rings is 3.